The van der Waals surface area contributed by atoms with Crippen LogP contribution >= 0.6 is 0 Å². The standard InChI is InChI=1S/C17H22N4O2/c1-2-3-6-15-19-16(23-20-15)13-7-10-21(11-8-13)17(22)14-5-4-9-18-12-14/h4-5,9,12-13H,2-3,6-8,10-11H2,1H3. The minimum Gasteiger partial charge on any atom is -0.339 e. The molecule has 0 radical (unpaired) electrons. The molecule has 0 unspecified atom stereocenters. The molecule has 1 aliphatic heterocycles. The molecule has 1 amide bonds. The summed E-state index contributed by atoms with van der Waals surface area (Å²) in [4.78, 5) is 22.8. The Morgan fingerprint density at radius 1 is 1.39 bits per heavy atom. The first-order valence-corrected chi connectivity index (χ1v) is 8.29. The SMILES string of the molecule is CCCCc1noc(C2CCN(C(=O)c3cccnc3)CC2)n1. The van der Waals surface area contributed by atoms with Crippen LogP contribution < -0.4 is 0 Å². The van der Waals surface area contributed by atoms with Crippen LogP contribution in [0.3, 0.4) is 0 Å². The Labute approximate surface area is 135 Å². The highest BCUT2D eigenvalue weighted by atomic mass is 16.5. The quantitative estimate of drug-likeness (QED) is 0.848. The van der Waals surface area contributed by atoms with Gasteiger partial charge in [-0.1, -0.05) is 18.5 Å². The molecule has 0 aliphatic carbocycles. The van der Waals surface area contributed by atoms with Gasteiger partial charge in [0.15, 0.2) is 5.82 Å². The Hall–Kier alpha value is -2.24. The van der Waals surface area contributed by atoms with Gasteiger partial charge in [-0.3, -0.25) is 9.78 Å². The van der Waals surface area contributed by atoms with Gasteiger partial charge in [-0.2, -0.15) is 4.98 Å². The molecule has 3 heterocycles. The third-order valence-corrected chi connectivity index (χ3v) is 4.28. The fourth-order valence-corrected chi connectivity index (χ4v) is 2.87. The number of nitrogens with zero attached hydrogens (tertiary/aromatic N) is 4. The minimum atomic E-state index is 0.0470. The van der Waals surface area contributed by atoms with E-state index in [2.05, 4.69) is 22.0 Å². The third kappa shape index (κ3) is 3.75. The van der Waals surface area contributed by atoms with Crippen molar-refractivity contribution < 1.29 is 9.32 Å². The van der Waals surface area contributed by atoms with Gasteiger partial charge in [0, 0.05) is 37.8 Å². The van der Waals surface area contributed by atoms with Gasteiger partial charge < -0.3 is 9.42 Å². The molecule has 1 aliphatic rings. The summed E-state index contributed by atoms with van der Waals surface area (Å²) in [5.74, 6) is 1.84. The van der Waals surface area contributed by atoms with Crippen molar-refractivity contribution in [2.24, 2.45) is 0 Å². The maximum Gasteiger partial charge on any atom is 0.255 e. The van der Waals surface area contributed by atoms with E-state index in [0.717, 1.165) is 43.8 Å². The maximum absolute atomic E-state index is 12.4. The number of carbonyl (C=O) groups is 1. The van der Waals surface area contributed by atoms with Gasteiger partial charge in [-0.05, 0) is 31.4 Å². The van der Waals surface area contributed by atoms with E-state index in [0.29, 0.717) is 18.7 Å². The van der Waals surface area contributed by atoms with Gasteiger partial charge in [0.05, 0.1) is 5.56 Å². The van der Waals surface area contributed by atoms with Gasteiger partial charge >= 0.3 is 0 Å². The van der Waals surface area contributed by atoms with Crippen LogP contribution in [-0.4, -0.2) is 39.0 Å². The third-order valence-electron chi connectivity index (χ3n) is 4.28. The zero-order valence-corrected chi connectivity index (χ0v) is 13.4. The van der Waals surface area contributed by atoms with Crippen LogP contribution in [0.5, 0.6) is 0 Å². The van der Waals surface area contributed by atoms with Crippen molar-refractivity contribution in [2.45, 2.75) is 44.9 Å². The van der Waals surface area contributed by atoms with Crippen molar-refractivity contribution >= 4 is 5.91 Å². The van der Waals surface area contributed by atoms with E-state index in [1.165, 1.54) is 0 Å². The van der Waals surface area contributed by atoms with Gasteiger partial charge in [0.1, 0.15) is 0 Å². The van der Waals surface area contributed by atoms with Crippen molar-refractivity contribution in [3.63, 3.8) is 0 Å². The number of carbonyl (C=O) groups excluding carboxylic acids is 1. The lowest BCUT2D eigenvalue weighted by atomic mass is 9.96. The lowest BCUT2D eigenvalue weighted by Gasteiger charge is -2.30. The van der Waals surface area contributed by atoms with Gasteiger partial charge in [0.2, 0.25) is 5.89 Å². The van der Waals surface area contributed by atoms with Crippen molar-refractivity contribution in [1.82, 2.24) is 20.0 Å². The zero-order chi connectivity index (χ0) is 16.1. The molecule has 3 rings (SSSR count). The van der Waals surface area contributed by atoms with Crippen LogP contribution in [0, 0.1) is 0 Å². The number of aromatic nitrogens is 3. The molecule has 1 fully saturated rings. The molecular formula is C17H22N4O2. The van der Waals surface area contributed by atoms with Crippen LogP contribution in [0.1, 0.15) is 60.6 Å². The number of aryl methyl sites for hydroxylation is 1. The summed E-state index contributed by atoms with van der Waals surface area (Å²) in [6.45, 7) is 3.58. The first-order chi connectivity index (χ1) is 11.3. The summed E-state index contributed by atoms with van der Waals surface area (Å²) in [6.07, 6.45) is 8.10. The van der Waals surface area contributed by atoms with E-state index in [4.69, 9.17) is 4.52 Å². The van der Waals surface area contributed by atoms with Crippen molar-refractivity contribution in [3.05, 3.63) is 41.8 Å². The van der Waals surface area contributed by atoms with Crippen LogP contribution in [0.15, 0.2) is 29.0 Å². The Morgan fingerprint density at radius 3 is 2.91 bits per heavy atom. The molecule has 0 saturated carbocycles. The number of amides is 1. The summed E-state index contributed by atoms with van der Waals surface area (Å²) in [7, 11) is 0. The molecule has 1 saturated heterocycles. The summed E-state index contributed by atoms with van der Waals surface area (Å²) < 4.78 is 5.41. The molecule has 6 nitrogen and oxygen atoms in total. The lowest BCUT2D eigenvalue weighted by molar-refractivity contribution is 0.0704. The molecule has 0 atom stereocenters. The summed E-state index contributed by atoms with van der Waals surface area (Å²) in [5, 5.41) is 4.06. The topological polar surface area (TPSA) is 72.1 Å². The number of pyridine rings is 1. The average Bonchev–Trinajstić information content (AvgIpc) is 3.09. The number of likely N-dealkylation sites (tertiary alicyclic amines) is 1. The first kappa shape index (κ1) is 15.6. The Balaban J connectivity index is 1.56. The van der Waals surface area contributed by atoms with E-state index in [1.54, 1.807) is 24.5 Å². The van der Waals surface area contributed by atoms with Gasteiger partial charge in [-0.25, -0.2) is 0 Å². The monoisotopic (exact) mass is 314 g/mol. The molecule has 23 heavy (non-hydrogen) atoms. The predicted octanol–water partition coefficient (Wildman–Crippen LogP) is 2.83. The average molecular weight is 314 g/mol. The minimum absolute atomic E-state index is 0.0470. The van der Waals surface area contributed by atoms with E-state index in [1.807, 2.05) is 4.90 Å². The van der Waals surface area contributed by atoms with Gasteiger partial charge in [-0.15, -0.1) is 0 Å². The molecule has 2 aromatic rings. The molecule has 122 valence electrons. The Morgan fingerprint density at radius 2 is 2.22 bits per heavy atom. The van der Waals surface area contributed by atoms with Crippen molar-refractivity contribution in [2.75, 3.05) is 13.1 Å². The highest BCUT2D eigenvalue weighted by molar-refractivity contribution is 5.93. The number of rotatable bonds is 5. The fourth-order valence-electron chi connectivity index (χ4n) is 2.87. The molecule has 2 aromatic heterocycles. The van der Waals surface area contributed by atoms with Crippen LogP contribution in [0.2, 0.25) is 0 Å². The van der Waals surface area contributed by atoms with E-state index in [-0.39, 0.29) is 11.8 Å². The summed E-state index contributed by atoms with van der Waals surface area (Å²) in [6, 6.07) is 3.59. The normalized spacial score (nSPS) is 15.8. The van der Waals surface area contributed by atoms with E-state index < -0.39 is 0 Å². The largest absolute Gasteiger partial charge is 0.339 e. The second-order valence-electron chi connectivity index (χ2n) is 5.96. The highest BCUT2D eigenvalue weighted by Gasteiger charge is 2.27. The second kappa shape index (κ2) is 7.35. The van der Waals surface area contributed by atoms with Crippen LogP contribution in [0.25, 0.3) is 0 Å². The molecule has 0 spiro atoms. The smallest absolute Gasteiger partial charge is 0.255 e. The van der Waals surface area contributed by atoms with Crippen LogP contribution in [0.4, 0.5) is 0 Å². The summed E-state index contributed by atoms with van der Waals surface area (Å²) >= 11 is 0. The number of hydrogen-bond acceptors (Lipinski definition) is 5. The maximum atomic E-state index is 12.4. The number of piperidine rings is 1. The molecular weight excluding hydrogens is 292 g/mol. The zero-order valence-electron chi connectivity index (χ0n) is 13.4. The predicted molar refractivity (Wildman–Crippen MR) is 85.0 cm³/mol. The molecule has 0 N–H and O–H groups in total. The number of unbranched alkanes of at least 4 members (excludes halogenated alkanes) is 1. The van der Waals surface area contributed by atoms with E-state index in [9.17, 15) is 4.79 Å². The molecule has 6 heteroatoms. The lowest BCUT2D eigenvalue weighted by Crippen LogP contribution is -2.38. The second-order valence-corrected chi connectivity index (χ2v) is 5.96. The van der Waals surface area contributed by atoms with Crippen molar-refractivity contribution in [1.29, 1.82) is 0 Å². The Kier molecular flexibility index (Phi) is 5.00. The van der Waals surface area contributed by atoms with E-state index >= 15 is 0 Å². The fraction of sp³-hybridized carbons (Fsp3) is 0.529. The summed E-state index contributed by atoms with van der Waals surface area (Å²) in [5.41, 5.74) is 0.644. The number of hydrogen-bond donors (Lipinski definition) is 0. The molecule has 0 bridgehead atoms. The highest BCUT2D eigenvalue weighted by Crippen LogP contribution is 2.27. The molecule has 0 aromatic carbocycles. The van der Waals surface area contributed by atoms with Crippen LogP contribution in [-0.2, 0) is 6.42 Å². The Bertz CT molecular complexity index is 633. The van der Waals surface area contributed by atoms with Gasteiger partial charge in [0.25, 0.3) is 5.91 Å². The first-order valence-electron chi connectivity index (χ1n) is 8.29. The van der Waals surface area contributed by atoms with Crippen molar-refractivity contribution in [3.8, 4) is 0 Å².